The van der Waals surface area contributed by atoms with Crippen molar-refractivity contribution in [1.82, 2.24) is 15.8 Å². The zero-order valence-corrected chi connectivity index (χ0v) is 15.4. The molecule has 0 aliphatic carbocycles. The Morgan fingerprint density at radius 1 is 1.07 bits per heavy atom. The molecule has 2 aromatic rings. The van der Waals surface area contributed by atoms with Crippen LogP contribution < -0.4 is 15.6 Å². The third-order valence-electron chi connectivity index (χ3n) is 4.59. The first-order chi connectivity index (χ1) is 12.9. The van der Waals surface area contributed by atoms with Crippen LogP contribution in [0.1, 0.15) is 18.1 Å². The van der Waals surface area contributed by atoms with E-state index >= 15 is 0 Å². The number of hydrogen-bond donors (Lipinski definition) is 3. The van der Waals surface area contributed by atoms with Crippen molar-refractivity contribution in [3.05, 3.63) is 71.8 Å². The zero-order chi connectivity index (χ0) is 19.4. The fourth-order valence-electron chi connectivity index (χ4n) is 3.15. The molecule has 140 valence electrons. The Morgan fingerprint density at radius 2 is 1.67 bits per heavy atom. The molecule has 1 unspecified atom stereocenters. The van der Waals surface area contributed by atoms with Crippen molar-refractivity contribution in [2.24, 2.45) is 0 Å². The summed E-state index contributed by atoms with van der Waals surface area (Å²) in [5, 5.41) is 3.43. The van der Waals surface area contributed by atoms with Gasteiger partial charge in [-0.15, -0.1) is 0 Å². The van der Waals surface area contributed by atoms with Crippen LogP contribution in [0.15, 0.2) is 60.7 Å². The summed E-state index contributed by atoms with van der Waals surface area (Å²) in [4.78, 5) is 38.3. The van der Waals surface area contributed by atoms with E-state index < -0.39 is 23.4 Å². The van der Waals surface area contributed by atoms with Gasteiger partial charge in [-0.2, -0.15) is 5.01 Å². The van der Waals surface area contributed by atoms with Gasteiger partial charge < -0.3 is 10.2 Å². The predicted octanol–water partition coefficient (Wildman–Crippen LogP) is 0.200. The second kappa shape index (κ2) is 7.59. The molecule has 1 aliphatic rings. The molecule has 0 radical (unpaired) electrons. The van der Waals surface area contributed by atoms with Crippen LogP contribution in [0, 0.1) is 0 Å². The summed E-state index contributed by atoms with van der Waals surface area (Å²) in [6, 6.07) is 18.1. The average molecular weight is 367 g/mol. The quantitative estimate of drug-likeness (QED) is 0.638. The maximum atomic E-state index is 12.8. The molecular weight excluding hydrogens is 344 g/mol. The lowest BCUT2D eigenvalue weighted by atomic mass is 9.92. The number of rotatable bonds is 6. The van der Waals surface area contributed by atoms with Crippen LogP contribution in [0.5, 0.6) is 0 Å². The lowest BCUT2D eigenvalue weighted by Crippen LogP contribution is -3.09. The Labute approximate surface area is 157 Å². The van der Waals surface area contributed by atoms with Crippen LogP contribution in [0.4, 0.5) is 4.79 Å². The molecule has 27 heavy (non-hydrogen) atoms. The van der Waals surface area contributed by atoms with E-state index in [4.69, 9.17) is 0 Å². The SMILES string of the molecule is C[NH+](CC(=O)NN1C(=O)N[C@@](C)(c2ccccc2)C1=O)Cc1ccccc1. The second-order valence-corrected chi connectivity index (χ2v) is 6.89. The Kier molecular flexibility index (Phi) is 5.23. The molecule has 2 aromatic carbocycles. The number of hydrazine groups is 1. The van der Waals surface area contributed by atoms with E-state index in [-0.39, 0.29) is 6.54 Å². The van der Waals surface area contributed by atoms with Crippen molar-refractivity contribution in [2.75, 3.05) is 13.6 Å². The monoisotopic (exact) mass is 367 g/mol. The van der Waals surface area contributed by atoms with Crippen molar-refractivity contribution < 1.29 is 19.3 Å². The smallest absolute Gasteiger partial charge is 0.326 e. The molecular formula is C20H23N4O3+. The van der Waals surface area contributed by atoms with Gasteiger partial charge in [0.1, 0.15) is 12.1 Å². The molecule has 2 atom stereocenters. The van der Waals surface area contributed by atoms with Crippen LogP contribution in [0.25, 0.3) is 0 Å². The van der Waals surface area contributed by atoms with Crippen molar-refractivity contribution in [1.29, 1.82) is 0 Å². The summed E-state index contributed by atoms with van der Waals surface area (Å²) in [6.45, 7) is 2.42. The number of hydrogen-bond acceptors (Lipinski definition) is 3. The standard InChI is InChI=1S/C20H22N4O3/c1-20(16-11-7-4-8-12-16)18(26)24(19(27)21-20)22-17(25)14-23(2)13-15-9-5-3-6-10-15/h3-12H,13-14H2,1-2H3,(H,21,27)(H,22,25)/p+1/t20-/m0/s1. The van der Waals surface area contributed by atoms with Crippen LogP contribution in [0.3, 0.4) is 0 Å². The van der Waals surface area contributed by atoms with E-state index in [1.54, 1.807) is 31.2 Å². The van der Waals surface area contributed by atoms with Gasteiger partial charge in [-0.1, -0.05) is 60.7 Å². The van der Waals surface area contributed by atoms with Gasteiger partial charge in [0.05, 0.1) is 7.05 Å². The van der Waals surface area contributed by atoms with E-state index in [9.17, 15) is 14.4 Å². The van der Waals surface area contributed by atoms with Gasteiger partial charge in [0, 0.05) is 5.56 Å². The van der Waals surface area contributed by atoms with E-state index in [1.807, 2.05) is 43.4 Å². The first kappa shape index (κ1) is 18.6. The summed E-state index contributed by atoms with van der Waals surface area (Å²) in [5.41, 5.74) is 3.00. The number of amides is 4. The molecule has 7 nitrogen and oxygen atoms in total. The molecule has 1 fully saturated rings. The molecule has 0 aromatic heterocycles. The number of quaternary nitrogens is 1. The maximum Gasteiger partial charge on any atom is 0.344 e. The van der Waals surface area contributed by atoms with Gasteiger partial charge in [-0.05, 0) is 12.5 Å². The molecule has 1 aliphatic heterocycles. The normalized spacial score (nSPS) is 20.3. The number of likely N-dealkylation sites (N-methyl/N-ethyl adjacent to an activating group) is 1. The molecule has 3 N–H and O–H groups in total. The molecule has 0 spiro atoms. The number of benzene rings is 2. The third-order valence-corrected chi connectivity index (χ3v) is 4.59. The number of carbonyl (C=O) groups excluding carboxylic acids is 3. The van der Waals surface area contributed by atoms with E-state index in [2.05, 4.69) is 10.7 Å². The first-order valence-electron chi connectivity index (χ1n) is 8.77. The van der Waals surface area contributed by atoms with Gasteiger partial charge in [-0.25, -0.2) is 4.79 Å². The van der Waals surface area contributed by atoms with Crippen LogP contribution in [0.2, 0.25) is 0 Å². The van der Waals surface area contributed by atoms with Crippen molar-refractivity contribution in [3.8, 4) is 0 Å². The molecule has 3 rings (SSSR count). The van der Waals surface area contributed by atoms with Gasteiger partial charge in [0.15, 0.2) is 6.54 Å². The highest BCUT2D eigenvalue weighted by atomic mass is 16.2. The predicted molar refractivity (Wildman–Crippen MR) is 99.2 cm³/mol. The number of imide groups is 1. The molecule has 4 amide bonds. The van der Waals surface area contributed by atoms with Gasteiger partial charge in [0.25, 0.3) is 11.8 Å². The fraction of sp³-hybridized carbons (Fsp3) is 0.250. The van der Waals surface area contributed by atoms with E-state index in [0.29, 0.717) is 12.1 Å². The van der Waals surface area contributed by atoms with Crippen molar-refractivity contribution in [2.45, 2.75) is 19.0 Å². The van der Waals surface area contributed by atoms with Gasteiger partial charge in [-0.3, -0.25) is 15.0 Å². The highest BCUT2D eigenvalue weighted by Gasteiger charge is 2.50. The molecule has 1 saturated heterocycles. The van der Waals surface area contributed by atoms with E-state index in [0.717, 1.165) is 15.5 Å². The highest BCUT2D eigenvalue weighted by molar-refractivity contribution is 6.08. The summed E-state index contributed by atoms with van der Waals surface area (Å²) in [6.07, 6.45) is 0. The Balaban J connectivity index is 1.62. The molecule has 7 heteroatoms. The third kappa shape index (κ3) is 3.98. The minimum atomic E-state index is -1.20. The van der Waals surface area contributed by atoms with Crippen molar-refractivity contribution >= 4 is 17.8 Å². The minimum Gasteiger partial charge on any atom is -0.326 e. The minimum absolute atomic E-state index is 0.133. The topological polar surface area (TPSA) is 82.9 Å². The highest BCUT2D eigenvalue weighted by Crippen LogP contribution is 2.27. The largest absolute Gasteiger partial charge is 0.344 e. The summed E-state index contributed by atoms with van der Waals surface area (Å²) in [7, 11) is 1.88. The lowest BCUT2D eigenvalue weighted by molar-refractivity contribution is -0.885. The Hall–Kier alpha value is -3.19. The van der Waals surface area contributed by atoms with Crippen molar-refractivity contribution in [3.63, 3.8) is 0 Å². The average Bonchev–Trinajstić information content (AvgIpc) is 2.87. The number of nitrogens with zero attached hydrogens (tertiary/aromatic N) is 1. The van der Waals surface area contributed by atoms with Crippen LogP contribution >= 0.6 is 0 Å². The molecule has 0 bridgehead atoms. The summed E-state index contributed by atoms with van der Waals surface area (Å²) >= 11 is 0. The number of urea groups is 1. The van der Waals surface area contributed by atoms with Gasteiger partial charge in [0.2, 0.25) is 0 Å². The Bertz CT molecular complexity index is 841. The summed E-state index contributed by atoms with van der Waals surface area (Å²) in [5.74, 6) is -0.906. The lowest BCUT2D eigenvalue weighted by Gasteiger charge is -2.22. The fourth-order valence-corrected chi connectivity index (χ4v) is 3.15. The van der Waals surface area contributed by atoms with E-state index in [1.165, 1.54) is 0 Å². The van der Waals surface area contributed by atoms with Crippen LogP contribution in [-0.2, 0) is 21.7 Å². The number of carbonyl (C=O) groups is 3. The zero-order valence-electron chi connectivity index (χ0n) is 15.4. The second-order valence-electron chi connectivity index (χ2n) is 6.89. The maximum absolute atomic E-state index is 12.8. The number of nitrogens with one attached hydrogen (secondary N) is 3. The first-order valence-corrected chi connectivity index (χ1v) is 8.77. The Morgan fingerprint density at radius 3 is 2.30 bits per heavy atom. The molecule has 0 saturated carbocycles. The van der Waals surface area contributed by atoms with Gasteiger partial charge >= 0.3 is 6.03 Å². The molecule has 1 heterocycles. The van der Waals surface area contributed by atoms with Crippen LogP contribution in [-0.4, -0.2) is 36.4 Å². The summed E-state index contributed by atoms with van der Waals surface area (Å²) < 4.78 is 0.